The summed E-state index contributed by atoms with van der Waals surface area (Å²) in [4.78, 5) is 26.9. The molecule has 2 amide bonds. The van der Waals surface area contributed by atoms with Crippen LogP contribution in [0.2, 0.25) is 0 Å². The Bertz CT molecular complexity index is 516. The maximum atomic E-state index is 11.9. The van der Waals surface area contributed by atoms with Crippen molar-refractivity contribution in [1.29, 1.82) is 0 Å². The van der Waals surface area contributed by atoms with E-state index >= 15 is 0 Å². The van der Waals surface area contributed by atoms with Gasteiger partial charge in [0.1, 0.15) is 5.75 Å². The molecule has 0 radical (unpaired) electrons. The van der Waals surface area contributed by atoms with Crippen LogP contribution in [0.25, 0.3) is 0 Å². The van der Waals surface area contributed by atoms with Gasteiger partial charge in [-0.05, 0) is 31.9 Å². The van der Waals surface area contributed by atoms with Gasteiger partial charge in [-0.25, -0.2) is 0 Å². The first-order valence-corrected chi connectivity index (χ1v) is 7.40. The van der Waals surface area contributed by atoms with Crippen molar-refractivity contribution in [3.63, 3.8) is 0 Å². The fourth-order valence-corrected chi connectivity index (χ4v) is 2.39. The van der Waals surface area contributed by atoms with Crippen LogP contribution >= 0.6 is 0 Å². The van der Waals surface area contributed by atoms with Crippen LogP contribution in [-0.4, -0.2) is 54.4 Å². The number of para-hydroxylation sites is 1. The third-order valence-electron chi connectivity index (χ3n) is 3.70. The van der Waals surface area contributed by atoms with E-state index in [1.165, 1.54) is 0 Å². The number of ether oxygens (including phenoxy) is 1. The molecule has 0 unspecified atom stereocenters. The van der Waals surface area contributed by atoms with E-state index in [1.54, 1.807) is 9.80 Å². The normalized spacial score (nSPS) is 15.5. The SMILES string of the molecule is CCN1CCN(CCCOc2ccccc2C)C(=O)C1=O. The average Bonchev–Trinajstić information content (AvgIpc) is 2.49. The van der Waals surface area contributed by atoms with Crippen molar-refractivity contribution in [2.75, 3.05) is 32.8 Å². The van der Waals surface area contributed by atoms with Crippen molar-refractivity contribution in [2.24, 2.45) is 0 Å². The number of aryl methyl sites for hydroxylation is 1. The molecule has 1 heterocycles. The molecule has 0 N–H and O–H groups in total. The van der Waals surface area contributed by atoms with Gasteiger partial charge in [0.2, 0.25) is 0 Å². The molecular formula is C16H22N2O3. The highest BCUT2D eigenvalue weighted by Gasteiger charge is 2.30. The van der Waals surface area contributed by atoms with Crippen LogP contribution in [-0.2, 0) is 9.59 Å². The fraction of sp³-hybridized carbons (Fsp3) is 0.500. The molecule has 5 nitrogen and oxygen atoms in total. The van der Waals surface area contributed by atoms with Crippen LogP contribution in [0.1, 0.15) is 18.9 Å². The molecular weight excluding hydrogens is 268 g/mol. The molecule has 0 bridgehead atoms. The van der Waals surface area contributed by atoms with Gasteiger partial charge < -0.3 is 14.5 Å². The molecule has 1 saturated heterocycles. The zero-order valence-corrected chi connectivity index (χ0v) is 12.7. The lowest BCUT2D eigenvalue weighted by Gasteiger charge is -2.33. The average molecular weight is 290 g/mol. The highest BCUT2D eigenvalue weighted by atomic mass is 16.5. The number of piperazine rings is 1. The first kappa shape index (κ1) is 15.4. The van der Waals surface area contributed by atoms with Crippen molar-refractivity contribution in [1.82, 2.24) is 9.80 Å². The summed E-state index contributed by atoms with van der Waals surface area (Å²) < 4.78 is 5.70. The number of amides is 2. The third kappa shape index (κ3) is 3.74. The van der Waals surface area contributed by atoms with Gasteiger partial charge in [-0.1, -0.05) is 18.2 Å². The van der Waals surface area contributed by atoms with Gasteiger partial charge in [-0.3, -0.25) is 9.59 Å². The lowest BCUT2D eigenvalue weighted by Crippen LogP contribution is -2.54. The fourth-order valence-electron chi connectivity index (χ4n) is 2.39. The van der Waals surface area contributed by atoms with E-state index in [0.717, 1.165) is 17.7 Å². The van der Waals surface area contributed by atoms with Crippen molar-refractivity contribution >= 4 is 11.8 Å². The lowest BCUT2D eigenvalue weighted by molar-refractivity contribution is -0.155. The van der Waals surface area contributed by atoms with Crippen LogP contribution in [0.4, 0.5) is 0 Å². The van der Waals surface area contributed by atoms with E-state index in [1.807, 2.05) is 38.1 Å². The second-order valence-electron chi connectivity index (χ2n) is 5.14. The van der Waals surface area contributed by atoms with Gasteiger partial charge in [0.05, 0.1) is 6.61 Å². The number of rotatable bonds is 6. The quantitative estimate of drug-likeness (QED) is 0.588. The van der Waals surface area contributed by atoms with E-state index in [9.17, 15) is 9.59 Å². The van der Waals surface area contributed by atoms with Crippen molar-refractivity contribution in [3.05, 3.63) is 29.8 Å². The van der Waals surface area contributed by atoms with Crippen LogP contribution in [0, 0.1) is 6.92 Å². The van der Waals surface area contributed by atoms with Crippen LogP contribution in [0.3, 0.4) is 0 Å². The van der Waals surface area contributed by atoms with Gasteiger partial charge in [-0.15, -0.1) is 0 Å². The maximum Gasteiger partial charge on any atom is 0.312 e. The summed E-state index contributed by atoms with van der Waals surface area (Å²) in [5.41, 5.74) is 1.10. The maximum absolute atomic E-state index is 11.9. The molecule has 1 aromatic carbocycles. The predicted molar refractivity (Wildman–Crippen MR) is 80.1 cm³/mol. The highest BCUT2D eigenvalue weighted by molar-refractivity contribution is 6.35. The molecule has 2 rings (SSSR count). The number of likely N-dealkylation sites (N-methyl/N-ethyl adjacent to an activating group) is 1. The summed E-state index contributed by atoms with van der Waals surface area (Å²) in [6.45, 7) is 6.82. The number of hydrogen-bond donors (Lipinski definition) is 0. The summed E-state index contributed by atoms with van der Waals surface area (Å²) in [6.07, 6.45) is 0.722. The van der Waals surface area contributed by atoms with Gasteiger partial charge in [0.15, 0.2) is 0 Å². The first-order chi connectivity index (χ1) is 10.1. The first-order valence-electron chi connectivity index (χ1n) is 7.40. The number of hydrogen-bond acceptors (Lipinski definition) is 3. The zero-order valence-electron chi connectivity index (χ0n) is 12.7. The molecule has 0 spiro atoms. The molecule has 1 aromatic rings. The number of carbonyl (C=O) groups is 2. The smallest absolute Gasteiger partial charge is 0.312 e. The Labute approximate surface area is 125 Å². The van der Waals surface area contributed by atoms with E-state index in [-0.39, 0.29) is 11.8 Å². The Kier molecular flexibility index (Phi) is 5.20. The largest absolute Gasteiger partial charge is 0.493 e. The van der Waals surface area contributed by atoms with E-state index < -0.39 is 0 Å². The monoisotopic (exact) mass is 290 g/mol. The summed E-state index contributed by atoms with van der Waals surface area (Å²) >= 11 is 0. The Morgan fingerprint density at radius 3 is 2.48 bits per heavy atom. The third-order valence-corrected chi connectivity index (χ3v) is 3.70. The van der Waals surface area contributed by atoms with Crippen LogP contribution in [0.5, 0.6) is 5.75 Å². The summed E-state index contributed by atoms with van der Waals surface area (Å²) in [6, 6.07) is 7.85. The van der Waals surface area contributed by atoms with Gasteiger partial charge >= 0.3 is 11.8 Å². The minimum absolute atomic E-state index is 0.386. The molecule has 5 heteroatoms. The van der Waals surface area contributed by atoms with E-state index in [0.29, 0.717) is 32.8 Å². The highest BCUT2D eigenvalue weighted by Crippen LogP contribution is 2.16. The Morgan fingerprint density at radius 1 is 1.10 bits per heavy atom. The lowest BCUT2D eigenvalue weighted by atomic mass is 10.2. The Morgan fingerprint density at radius 2 is 1.76 bits per heavy atom. The zero-order chi connectivity index (χ0) is 15.2. The number of nitrogens with zero attached hydrogens (tertiary/aromatic N) is 2. The van der Waals surface area contributed by atoms with Crippen molar-refractivity contribution in [2.45, 2.75) is 20.3 Å². The molecule has 21 heavy (non-hydrogen) atoms. The summed E-state index contributed by atoms with van der Waals surface area (Å²) in [5.74, 6) is 0.0956. The van der Waals surface area contributed by atoms with Crippen LogP contribution in [0.15, 0.2) is 24.3 Å². The molecule has 1 aliphatic rings. The second kappa shape index (κ2) is 7.11. The van der Waals surface area contributed by atoms with Crippen LogP contribution < -0.4 is 4.74 Å². The summed E-state index contributed by atoms with van der Waals surface area (Å²) in [5, 5.41) is 0. The topological polar surface area (TPSA) is 49.9 Å². The molecule has 1 fully saturated rings. The molecule has 0 atom stereocenters. The standard InChI is InChI=1S/C16H22N2O3/c1-3-17-10-11-18(16(20)15(17)19)9-6-12-21-14-8-5-4-7-13(14)2/h4-5,7-8H,3,6,9-12H2,1-2H3. The molecule has 1 aliphatic heterocycles. The number of benzene rings is 1. The van der Waals surface area contributed by atoms with E-state index in [2.05, 4.69) is 0 Å². The van der Waals surface area contributed by atoms with Crippen molar-refractivity contribution in [3.8, 4) is 5.75 Å². The Hall–Kier alpha value is -2.04. The Balaban J connectivity index is 1.75. The molecule has 0 saturated carbocycles. The predicted octanol–water partition coefficient (Wildman–Crippen LogP) is 1.45. The molecule has 0 aromatic heterocycles. The van der Waals surface area contributed by atoms with Gasteiger partial charge in [-0.2, -0.15) is 0 Å². The van der Waals surface area contributed by atoms with Crippen molar-refractivity contribution < 1.29 is 14.3 Å². The molecule has 0 aliphatic carbocycles. The summed E-state index contributed by atoms with van der Waals surface area (Å²) in [7, 11) is 0. The van der Waals surface area contributed by atoms with Gasteiger partial charge in [0, 0.05) is 26.2 Å². The minimum Gasteiger partial charge on any atom is -0.493 e. The molecule has 114 valence electrons. The minimum atomic E-state index is -0.390. The second-order valence-corrected chi connectivity index (χ2v) is 5.14. The number of carbonyl (C=O) groups excluding carboxylic acids is 2. The van der Waals surface area contributed by atoms with E-state index in [4.69, 9.17) is 4.74 Å². The van der Waals surface area contributed by atoms with Gasteiger partial charge in [0.25, 0.3) is 0 Å².